The van der Waals surface area contributed by atoms with Crippen LogP contribution in [0.5, 0.6) is 0 Å². The van der Waals surface area contributed by atoms with E-state index in [1.54, 1.807) is 42.5 Å². The molecule has 2 aromatic heterocycles. The smallest absolute Gasteiger partial charge is 0.268 e. The summed E-state index contributed by atoms with van der Waals surface area (Å²) in [6, 6.07) is 25.0. The average molecular weight is 401 g/mol. The van der Waals surface area contributed by atoms with Crippen molar-refractivity contribution in [3.05, 3.63) is 91.1 Å². The summed E-state index contributed by atoms with van der Waals surface area (Å²) in [7, 11) is -3.77. The summed E-state index contributed by atoms with van der Waals surface area (Å²) in [5.41, 5.74) is 1.91. The lowest BCUT2D eigenvalue weighted by molar-refractivity contribution is 0.584. The molecule has 142 valence electrons. The molecule has 0 aliphatic rings. The minimum atomic E-state index is -3.77. The maximum Gasteiger partial charge on any atom is 0.268 e. The molecule has 0 spiro atoms. The van der Waals surface area contributed by atoms with Crippen molar-refractivity contribution in [3.8, 4) is 22.9 Å². The largest absolute Gasteiger partial charge is 0.416 e. The molecule has 0 radical (unpaired) electrons. The van der Waals surface area contributed by atoms with Gasteiger partial charge in [0, 0.05) is 17.1 Å². The van der Waals surface area contributed by atoms with Gasteiger partial charge >= 0.3 is 0 Å². The molecule has 3 aromatic carbocycles. The van der Waals surface area contributed by atoms with Gasteiger partial charge in [-0.2, -0.15) is 0 Å². The van der Waals surface area contributed by atoms with Gasteiger partial charge in [-0.25, -0.2) is 12.4 Å². The Hall–Kier alpha value is -3.71. The van der Waals surface area contributed by atoms with Crippen LogP contribution in [0.3, 0.4) is 0 Å². The summed E-state index contributed by atoms with van der Waals surface area (Å²) in [6.45, 7) is 0. The summed E-state index contributed by atoms with van der Waals surface area (Å²) in [5, 5.41) is 9.00. The molecule has 6 nitrogen and oxygen atoms in total. The molecule has 0 atom stereocenters. The Bertz CT molecular complexity index is 1410. The molecule has 5 rings (SSSR count). The third-order valence-corrected chi connectivity index (χ3v) is 6.34. The van der Waals surface area contributed by atoms with Crippen molar-refractivity contribution in [1.29, 1.82) is 0 Å². The SMILES string of the molecule is O=S(=O)(c1ccccc1)n1cc(-c2nnc(-c3ccccc3)o2)c2ccccc21. The normalized spacial score (nSPS) is 11.7. The molecule has 0 N–H and O–H groups in total. The molecule has 0 amide bonds. The van der Waals surface area contributed by atoms with Gasteiger partial charge in [0.05, 0.1) is 16.0 Å². The zero-order valence-corrected chi connectivity index (χ0v) is 16.0. The quantitative estimate of drug-likeness (QED) is 0.440. The van der Waals surface area contributed by atoms with Crippen LogP contribution in [-0.4, -0.2) is 22.6 Å². The molecule has 0 unspecified atom stereocenters. The van der Waals surface area contributed by atoms with Crippen LogP contribution >= 0.6 is 0 Å². The standard InChI is InChI=1S/C22H15N3O3S/c26-29(27,17-11-5-2-6-12-17)25-15-19(18-13-7-8-14-20(18)25)22-24-23-21(28-22)16-9-3-1-4-10-16/h1-15H. The summed E-state index contributed by atoms with van der Waals surface area (Å²) in [5.74, 6) is 0.644. The zero-order chi connectivity index (χ0) is 19.8. The van der Waals surface area contributed by atoms with Crippen molar-refractivity contribution in [2.24, 2.45) is 0 Å². The minimum Gasteiger partial charge on any atom is -0.416 e. The van der Waals surface area contributed by atoms with Crippen molar-refractivity contribution in [3.63, 3.8) is 0 Å². The van der Waals surface area contributed by atoms with Gasteiger partial charge in [0.15, 0.2) is 0 Å². The second-order valence-electron chi connectivity index (χ2n) is 6.45. The van der Waals surface area contributed by atoms with Crippen molar-refractivity contribution in [1.82, 2.24) is 14.2 Å². The molecule has 7 heteroatoms. The molecule has 2 heterocycles. The van der Waals surface area contributed by atoms with Gasteiger partial charge in [-0.05, 0) is 30.3 Å². The van der Waals surface area contributed by atoms with E-state index in [9.17, 15) is 8.42 Å². The van der Waals surface area contributed by atoms with Gasteiger partial charge in [0.1, 0.15) is 0 Å². The molecule has 5 aromatic rings. The van der Waals surface area contributed by atoms with Gasteiger partial charge in [0.2, 0.25) is 11.8 Å². The van der Waals surface area contributed by atoms with E-state index in [2.05, 4.69) is 10.2 Å². The van der Waals surface area contributed by atoms with E-state index in [4.69, 9.17) is 4.42 Å². The highest BCUT2D eigenvalue weighted by Gasteiger charge is 2.23. The molecule has 0 saturated heterocycles. The predicted octanol–water partition coefficient (Wildman–Crippen LogP) is 4.60. The van der Waals surface area contributed by atoms with E-state index in [0.717, 1.165) is 10.9 Å². The van der Waals surface area contributed by atoms with E-state index in [1.165, 1.54) is 10.2 Å². The zero-order valence-electron chi connectivity index (χ0n) is 15.1. The van der Waals surface area contributed by atoms with Gasteiger partial charge in [-0.3, -0.25) is 0 Å². The van der Waals surface area contributed by atoms with Gasteiger partial charge < -0.3 is 4.42 Å². The average Bonchev–Trinajstić information content (AvgIpc) is 3.40. The van der Waals surface area contributed by atoms with Crippen molar-refractivity contribution < 1.29 is 12.8 Å². The van der Waals surface area contributed by atoms with Crippen LogP contribution in [0.4, 0.5) is 0 Å². The highest BCUT2D eigenvalue weighted by molar-refractivity contribution is 7.90. The fraction of sp³-hybridized carbons (Fsp3) is 0. The molecule has 29 heavy (non-hydrogen) atoms. The van der Waals surface area contributed by atoms with E-state index in [1.807, 2.05) is 42.5 Å². The first kappa shape index (κ1) is 17.4. The Kier molecular flexibility index (Phi) is 4.03. The summed E-state index contributed by atoms with van der Waals surface area (Å²) < 4.78 is 33.6. The van der Waals surface area contributed by atoms with Crippen LogP contribution in [0, 0.1) is 0 Å². The number of hydrogen-bond donors (Lipinski definition) is 0. The highest BCUT2D eigenvalue weighted by Crippen LogP contribution is 2.33. The first-order valence-electron chi connectivity index (χ1n) is 8.94. The Labute approximate surface area is 167 Å². The Balaban J connectivity index is 1.69. The van der Waals surface area contributed by atoms with E-state index in [0.29, 0.717) is 17.0 Å². The van der Waals surface area contributed by atoms with Crippen molar-refractivity contribution in [2.75, 3.05) is 0 Å². The number of rotatable bonds is 4. The number of hydrogen-bond acceptors (Lipinski definition) is 5. The second kappa shape index (κ2) is 6.72. The number of fused-ring (bicyclic) bond motifs is 1. The number of benzene rings is 3. The lowest BCUT2D eigenvalue weighted by Gasteiger charge is -2.07. The first-order chi connectivity index (χ1) is 14.1. The molecule has 0 aliphatic carbocycles. The van der Waals surface area contributed by atoms with E-state index >= 15 is 0 Å². The third-order valence-electron chi connectivity index (χ3n) is 4.65. The topological polar surface area (TPSA) is 78.0 Å². The van der Waals surface area contributed by atoms with Crippen LogP contribution in [0.25, 0.3) is 33.8 Å². The summed E-state index contributed by atoms with van der Waals surface area (Å²) in [6.07, 6.45) is 1.54. The highest BCUT2D eigenvalue weighted by atomic mass is 32.2. The van der Waals surface area contributed by atoms with E-state index in [-0.39, 0.29) is 10.8 Å². The Morgan fingerprint density at radius 2 is 1.34 bits per heavy atom. The summed E-state index contributed by atoms with van der Waals surface area (Å²) in [4.78, 5) is 0.211. The number of aromatic nitrogens is 3. The third kappa shape index (κ3) is 2.92. The molecule has 0 fully saturated rings. The van der Waals surface area contributed by atoms with Crippen LogP contribution in [0.15, 0.2) is 100 Å². The summed E-state index contributed by atoms with van der Waals surface area (Å²) >= 11 is 0. The Morgan fingerprint density at radius 3 is 2.10 bits per heavy atom. The van der Waals surface area contributed by atoms with Gasteiger partial charge in [0.25, 0.3) is 10.0 Å². The first-order valence-corrected chi connectivity index (χ1v) is 10.4. The molecule has 0 bridgehead atoms. The monoisotopic (exact) mass is 401 g/mol. The van der Waals surface area contributed by atoms with Crippen LogP contribution in [-0.2, 0) is 10.0 Å². The van der Waals surface area contributed by atoms with Crippen molar-refractivity contribution >= 4 is 20.9 Å². The van der Waals surface area contributed by atoms with Crippen LogP contribution in [0.1, 0.15) is 0 Å². The van der Waals surface area contributed by atoms with Gasteiger partial charge in [-0.15, -0.1) is 10.2 Å². The van der Waals surface area contributed by atoms with Gasteiger partial charge in [-0.1, -0.05) is 54.6 Å². The number of nitrogens with zero attached hydrogens (tertiary/aromatic N) is 3. The van der Waals surface area contributed by atoms with Crippen molar-refractivity contribution in [2.45, 2.75) is 4.90 Å². The second-order valence-corrected chi connectivity index (χ2v) is 8.27. The fourth-order valence-corrected chi connectivity index (χ4v) is 4.65. The molecule has 0 aliphatic heterocycles. The van der Waals surface area contributed by atoms with E-state index < -0.39 is 10.0 Å². The molecular weight excluding hydrogens is 386 g/mol. The lowest BCUT2D eigenvalue weighted by atomic mass is 10.2. The molecular formula is C22H15N3O3S. The minimum absolute atomic E-state index is 0.211. The predicted molar refractivity (Wildman–Crippen MR) is 110 cm³/mol. The maximum absolute atomic E-state index is 13.2. The Morgan fingerprint density at radius 1 is 0.724 bits per heavy atom. The molecule has 0 saturated carbocycles. The fourth-order valence-electron chi connectivity index (χ4n) is 3.25. The number of para-hydroxylation sites is 1. The maximum atomic E-state index is 13.2. The van der Waals surface area contributed by atoms with Crippen LogP contribution < -0.4 is 0 Å². The van der Waals surface area contributed by atoms with Crippen LogP contribution in [0.2, 0.25) is 0 Å². The lowest BCUT2D eigenvalue weighted by Crippen LogP contribution is -2.11.